The summed E-state index contributed by atoms with van der Waals surface area (Å²) >= 11 is 0. The number of aliphatic hydroxyl groups is 1. The molecule has 0 spiro atoms. The molecule has 0 amide bonds. The fourth-order valence-electron chi connectivity index (χ4n) is 2.18. The summed E-state index contributed by atoms with van der Waals surface area (Å²) in [6, 6.07) is 3.60. The first-order chi connectivity index (χ1) is 9.12. The number of piperidine rings is 1. The van der Waals surface area contributed by atoms with Crippen LogP contribution < -0.4 is 4.72 Å². The summed E-state index contributed by atoms with van der Waals surface area (Å²) in [5.74, 6) is 0.997. The Morgan fingerprint density at radius 1 is 1.42 bits per heavy atom. The van der Waals surface area contributed by atoms with Crippen LogP contribution >= 0.6 is 0 Å². The molecule has 6 nitrogen and oxygen atoms in total. The van der Waals surface area contributed by atoms with Crippen LogP contribution in [-0.2, 0) is 16.6 Å². The molecular weight excluding hydrogens is 268 g/mol. The lowest BCUT2D eigenvalue weighted by atomic mass is 10.00. The van der Waals surface area contributed by atoms with Gasteiger partial charge in [0.05, 0.1) is 6.26 Å². The highest BCUT2D eigenvalue weighted by Gasteiger charge is 2.27. The summed E-state index contributed by atoms with van der Waals surface area (Å²) in [6.45, 7) is 1.41. The third-order valence-electron chi connectivity index (χ3n) is 3.41. The fraction of sp³-hybridized carbons (Fsp3) is 0.667. The Balaban J connectivity index is 1.78. The number of hydrogen-bond acceptors (Lipinski definition) is 4. The zero-order chi connectivity index (χ0) is 13.7. The Bertz CT molecular complexity index is 464. The molecule has 0 bridgehead atoms. The van der Waals surface area contributed by atoms with Crippen LogP contribution in [0.1, 0.15) is 18.6 Å². The van der Waals surface area contributed by atoms with Crippen LogP contribution in [0.5, 0.6) is 0 Å². The van der Waals surface area contributed by atoms with Gasteiger partial charge in [0.25, 0.3) is 10.2 Å². The molecule has 0 saturated carbocycles. The highest BCUT2D eigenvalue weighted by Crippen LogP contribution is 2.18. The van der Waals surface area contributed by atoms with Crippen molar-refractivity contribution in [2.75, 3.05) is 26.2 Å². The predicted octanol–water partition coefficient (Wildman–Crippen LogP) is 0.361. The lowest BCUT2D eigenvalue weighted by Gasteiger charge is -2.30. The van der Waals surface area contributed by atoms with Crippen LogP contribution in [0.4, 0.5) is 0 Å². The van der Waals surface area contributed by atoms with Crippen molar-refractivity contribution >= 4 is 10.2 Å². The molecule has 19 heavy (non-hydrogen) atoms. The smallest absolute Gasteiger partial charge is 0.279 e. The van der Waals surface area contributed by atoms with Gasteiger partial charge in [-0.25, -0.2) is 4.72 Å². The molecule has 0 atom stereocenters. The van der Waals surface area contributed by atoms with Crippen LogP contribution in [-0.4, -0.2) is 44.1 Å². The largest absolute Gasteiger partial charge is 0.469 e. The average Bonchev–Trinajstić information content (AvgIpc) is 2.92. The maximum absolute atomic E-state index is 12.0. The third-order valence-corrected chi connectivity index (χ3v) is 5.02. The molecule has 1 aliphatic rings. The Labute approximate surface area is 113 Å². The molecule has 2 N–H and O–H groups in total. The normalized spacial score (nSPS) is 18.8. The fourth-order valence-corrected chi connectivity index (χ4v) is 3.42. The SMILES string of the molecule is O=S(=O)(NCCc1ccco1)N1CCC(CO)CC1. The van der Waals surface area contributed by atoms with E-state index in [1.54, 1.807) is 12.3 Å². The maximum Gasteiger partial charge on any atom is 0.279 e. The minimum absolute atomic E-state index is 0.139. The highest BCUT2D eigenvalue weighted by atomic mass is 32.2. The molecule has 108 valence electrons. The number of nitrogens with one attached hydrogen (secondary N) is 1. The molecular formula is C12H20N2O4S. The second-order valence-corrected chi connectivity index (χ2v) is 6.51. The third kappa shape index (κ3) is 4.04. The van der Waals surface area contributed by atoms with E-state index in [1.807, 2.05) is 6.07 Å². The van der Waals surface area contributed by atoms with Gasteiger partial charge in [0.15, 0.2) is 0 Å². The molecule has 0 aromatic carbocycles. The standard InChI is InChI=1S/C12H20N2O4S/c15-10-11-4-7-14(8-5-11)19(16,17)13-6-3-12-2-1-9-18-12/h1-2,9,11,13,15H,3-8,10H2. The summed E-state index contributed by atoms with van der Waals surface area (Å²) in [7, 11) is -3.41. The Hall–Kier alpha value is -0.890. The lowest BCUT2D eigenvalue weighted by Crippen LogP contribution is -2.45. The molecule has 0 aliphatic carbocycles. The average molecular weight is 288 g/mol. The number of rotatable bonds is 6. The van der Waals surface area contributed by atoms with Gasteiger partial charge in [-0.05, 0) is 30.9 Å². The van der Waals surface area contributed by atoms with Gasteiger partial charge in [0.1, 0.15) is 5.76 Å². The quantitative estimate of drug-likeness (QED) is 0.792. The second kappa shape index (κ2) is 6.51. The molecule has 0 radical (unpaired) electrons. The van der Waals surface area contributed by atoms with Crippen molar-refractivity contribution in [3.05, 3.63) is 24.2 Å². The molecule has 2 rings (SSSR count). The first-order valence-corrected chi connectivity index (χ1v) is 7.94. The van der Waals surface area contributed by atoms with Crippen LogP contribution in [0.15, 0.2) is 22.8 Å². The minimum atomic E-state index is -3.41. The first kappa shape index (κ1) is 14.5. The van der Waals surface area contributed by atoms with Gasteiger partial charge >= 0.3 is 0 Å². The Morgan fingerprint density at radius 2 is 2.16 bits per heavy atom. The van der Waals surface area contributed by atoms with Crippen molar-refractivity contribution in [1.29, 1.82) is 0 Å². The van der Waals surface area contributed by atoms with E-state index in [0.717, 1.165) is 18.6 Å². The Kier molecular flexibility index (Phi) is 4.98. The molecule has 1 saturated heterocycles. The summed E-state index contributed by atoms with van der Waals surface area (Å²) in [6.07, 6.45) is 3.55. The van der Waals surface area contributed by atoms with Gasteiger partial charge in [0.2, 0.25) is 0 Å². The van der Waals surface area contributed by atoms with E-state index in [0.29, 0.717) is 26.1 Å². The van der Waals surface area contributed by atoms with Crippen molar-refractivity contribution in [3.8, 4) is 0 Å². The van der Waals surface area contributed by atoms with Gasteiger partial charge in [-0.3, -0.25) is 0 Å². The van der Waals surface area contributed by atoms with Crippen molar-refractivity contribution < 1.29 is 17.9 Å². The second-order valence-electron chi connectivity index (χ2n) is 4.75. The zero-order valence-electron chi connectivity index (χ0n) is 10.8. The van der Waals surface area contributed by atoms with Crippen molar-refractivity contribution in [2.24, 2.45) is 5.92 Å². The van der Waals surface area contributed by atoms with Crippen LogP contribution in [0.3, 0.4) is 0 Å². The monoisotopic (exact) mass is 288 g/mol. The van der Waals surface area contributed by atoms with Gasteiger partial charge in [-0.2, -0.15) is 12.7 Å². The van der Waals surface area contributed by atoms with Gasteiger partial charge in [-0.15, -0.1) is 0 Å². The molecule has 1 aromatic rings. The first-order valence-electron chi connectivity index (χ1n) is 6.50. The van der Waals surface area contributed by atoms with E-state index in [2.05, 4.69) is 4.72 Å². The molecule has 1 aromatic heterocycles. The number of aliphatic hydroxyl groups excluding tert-OH is 1. The lowest BCUT2D eigenvalue weighted by molar-refractivity contribution is 0.169. The summed E-state index contributed by atoms with van der Waals surface area (Å²) < 4.78 is 33.2. The van der Waals surface area contributed by atoms with Crippen molar-refractivity contribution in [3.63, 3.8) is 0 Å². The number of nitrogens with zero attached hydrogens (tertiary/aromatic N) is 1. The van der Waals surface area contributed by atoms with E-state index in [-0.39, 0.29) is 12.5 Å². The van der Waals surface area contributed by atoms with E-state index < -0.39 is 10.2 Å². The number of hydrogen-bond donors (Lipinski definition) is 2. The minimum Gasteiger partial charge on any atom is -0.469 e. The van der Waals surface area contributed by atoms with Crippen molar-refractivity contribution in [1.82, 2.24) is 9.03 Å². The summed E-state index contributed by atoms with van der Waals surface area (Å²) in [5, 5.41) is 9.03. The van der Waals surface area contributed by atoms with Crippen LogP contribution in [0.25, 0.3) is 0 Å². The molecule has 1 aliphatic heterocycles. The molecule has 7 heteroatoms. The van der Waals surface area contributed by atoms with E-state index >= 15 is 0 Å². The topological polar surface area (TPSA) is 82.8 Å². The summed E-state index contributed by atoms with van der Waals surface area (Å²) in [4.78, 5) is 0. The van der Waals surface area contributed by atoms with Crippen molar-refractivity contribution in [2.45, 2.75) is 19.3 Å². The maximum atomic E-state index is 12.0. The summed E-state index contributed by atoms with van der Waals surface area (Å²) in [5.41, 5.74) is 0. The van der Waals surface area contributed by atoms with Crippen LogP contribution in [0, 0.1) is 5.92 Å². The molecule has 1 fully saturated rings. The van der Waals surface area contributed by atoms with E-state index in [1.165, 1.54) is 4.31 Å². The highest BCUT2D eigenvalue weighted by molar-refractivity contribution is 7.87. The van der Waals surface area contributed by atoms with Crippen LogP contribution in [0.2, 0.25) is 0 Å². The predicted molar refractivity (Wildman–Crippen MR) is 70.7 cm³/mol. The van der Waals surface area contributed by atoms with E-state index in [4.69, 9.17) is 9.52 Å². The van der Waals surface area contributed by atoms with Gasteiger partial charge in [-0.1, -0.05) is 0 Å². The zero-order valence-corrected chi connectivity index (χ0v) is 11.6. The van der Waals surface area contributed by atoms with Gasteiger partial charge in [0, 0.05) is 32.7 Å². The molecule has 0 unspecified atom stereocenters. The number of furan rings is 1. The van der Waals surface area contributed by atoms with Gasteiger partial charge < -0.3 is 9.52 Å². The molecule has 2 heterocycles. The Morgan fingerprint density at radius 3 is 2.74 bits per heavy atom. The van der Waals surface area contributed by atoms with E-state index in [9.17, 15) is 8.42 Å².